The highest BCUT2D eigenvalue weighted by molar-refractivity contribution is 6.30. The SMILES string of the molecule is CC1CC(=O)N(C(=O)OC(C)(C)C)N=C1c1c(C(F)F)nn2cc(Cl)ccc12. The third-order valence-electron chi connectivity index (χ3n) is 4.04. The quantitative estimate of drug-likeness (QED) is 0.731. The van der Waals surface area contributed by atoms with E-state index in [0.29, 0.717) is 15.5 Å². The van der Waals surface area contributed by atoms with Gasteiger partial charge in [-0.25, -0.2) is 18.1 Å². The molecule has 1 aliphatic rings. The Hall–Kier alpha value is -2.55. The van der Waals surface area contributed by atoms with E-state index in [2.05, 4.69) is 10.2 Å². The predicted octanol–water partition coefficient (Wildman–Crippen LogP) is 4.43. The Morgan fingerprint density at radius 2 is 2.04 bits per heavy atom. The lowest BCUT2D eigenvalue weighted by molar-refractivity contribution is -0.131. The summed E-state index contributed by atoms with van der Waals surface area (Å²) in [4.78, 5) is 24.7. The van der Waals surface area contributed by atoms with Gasteiger partial charge in [-0.15, -0.1) is 5.01 Å². The highest BCUT2D eigenvalue weighted by Crippen LogP contribution is 2.32. The van der Waals surface area contributed by atoms with Crippen molar-refractivity contribution < 1.29 is 23.1 Å². The first kappa shape index (κ1) is 20.2. The molecule has 0 N–H and O–H groups in total. The van der Waals surface area contributed by atoms with Crippen molar-refractivity contribution in [2.75, 3.05) is 0 Å². The fourth-order valence-electron chi connectivity index (χ4n) is 2.91. The molecule has 0 radical (unpaired) electrons. The summed E-state index contributed by atoms with van der Waals surface area (Å²) in [5.41, 5.74) is -0.737. The number of halogens is 3. The average Bonchev–Trinajstić information content (AvgIpc) is 2.91. The number of rotatable bonds is 2. The first-order valence-corrected chi connectivity index (χ1v) is 8.96. The number of alkyl halides is 2. The number of hydrogen-bond donors (Lipinski definition) is 0. The lowest BCUT2D eigenvalue weighted by Crippen LogP contribution is -2.42. The molecule has 0 bridgehead atoms. The second-order valence-corrected chi connectivity index (χ2v) is 7.95. The molecule has 7 nitrogen and oxygen atoms in total. The number of pyridine rings is 1. The fraction of sp³-hybridized carbons (Fsp3) is 0.444. The van der Waals surface area contributed by atoms with E-state index in [1.807, 2.05) is 0 Å². The molecule has 0 aromatic carbocycles. The highest BCUT2D eigenvalue weighted by atomic mass is 35.5. The summed E-state index contributed by atoms with van der Waals surface area (Å²) >= 11 is 5.93. The van der Waals surface area contributed by atoms with Crippen LogP contribution in [0.3, 0.4) is 0 Å². The molecule has 2 aromatic rings. The summed E-state index contributed by atoms with van der Waals surface area (Å²) in [5, 5.41) is 8.92. The normalized spacial score (nSPS) is 18.0. The van der Waals surface area contributed by atoms with Gasteiger partial charge in [0.1, 0.15) is 11.3 Å². The molecule has 0 spiro atoms. The maximum Gasteiger partial charge on any atom is 0.438 e. The fourth-order valence-corrected chi connectivity index (χ4v) is 3.06. The van der Waals surface area contributed by atoms with E-state index in [9.17, 15) is 18.4 Å². The summed E-state index contributed by atoms with van der Waals surface area (Å²) in [6.07, 6.45) is -2.51. The van der Waals surface area contributed by atoms with Gasteiger partial charge in [0, 0.05) is 18.5 Å². The van der Waals surface area contributed by atoms with Crippen LogP contribution >= 0.6 is 11.6 Å². The van der Waals surface area contributed by atoms with Crippen LogP contribution in [0.4, 0.5) is 13.6 Å². The minimum atomic E-state index is -2.88. The first-order chi connectivity index (χ1) is 13.0. The van der Waals surface area contributed by atoms with Crippen LogP contribution in [0.1, 0.15) is 51.8 Å². The highest BCUT2D eigenvalue weighted by Gasteiger charge is 2.37. The number of nitrogens with zero attached hydrogens (tertiary/aromatic N) is 4. The van der Waals surface area contributed by atoms with E-state index in [-0.39, 0.29) is 17.7 Å². The van der Waals surface area contributed by atoms with Crippen molar-refractivity contribution in [1.29, 1.82) is 0 Å². The number of fused-ring (bicyclic) bond motifs is 1. The van der Waals surface area contributed by atoms with Gasteiger partial charge in [-0.05, 0) is 32.9 Å². The summed E-state index contributed by atoms with van der Waals surface area (Å²) in [6, 6.07) is 3.09. The van der Waals surface area contributed by atoms with Gasteiger partial charge in [-0.2, -0.15) is 10.2 Å². The monoisotopic (exact) mass is 412 g/mol. The van der Waals surface area contributed by atoms with Gasteiger partial charge < -0.3 is 4.74 Å². The van der Waals surface area contributed by atoms with Crippen LogP contribution < -0.4 is 0 Å². The van der Waals surface area contributed by atoms with Crippen LogP contribution in [0.15, 0.2) is 23.4 Å². The van der Waals surface area contributed by atoms with E-state index in [1.165, 1.54) is 10.7 Å². The molecule has 0 saturated carbocycles. The number of carbonyl (C=O) groups excluding carboxylic acids is 2. The number of carbonyl (C=O) groups is 2. The minimum Gasteiger partial charge on any atom is -0.442 e. The Balaban J connectivity index is 2.15. The van der Waals surface area contributed by atoms with Crippen LogP contribution in [0, 0.1) is 5.92 Å². The molecule has 3 heterocycles. The molecule has 1 aliphatic heterocycles. The van der Waals surface area contributed by atoms with Crippen molar-refractivity contribution in [2.45, 2.75) is 46.1 Å². The molecule has 28 heavy (non-hydrogen) atoms. The third kappa shape index (κ3) is 3.84. The van der Waals surface area contributed by atoms with Gasteiger partial charge in [-0.1, -0.05) is 18.5 Å². The van der Waals surface area contributed by atoms with Gasteiger partial charge in [0.15, 0.2) is 0 Å². The minimum absolute atomic E-state index is 0.0777. The smallest absolute Gasteiger partial charge is 0.438 e. The van der Waals surface area contributed by atoms with Gasteiger partial charge >= 0.3 is 6.09 Å². The number of hydrogen-bond acceptors (Lipinski definition) is 5. The molecular weight excluding hydrogens is 394 g/mol. The van der Waals surface area contributed by atoms with Crippen LogP contribution in [0.2, 0.25) is 5.02 Å². The van der Waals surface area contributed by atoms with E-state index >= 15 is 0 Å². The zero-order valence-electron chi connectivity index (χ0n) is 15.7. The van der Waals surface area contributed by atoms with Crippen LogP contribution in [-0.4, -0.2) is 37.9 Å². The van der Waals surface area contributed by atoms with E-state index in [1.54, 1.807) is 39.8 Å². The summed E-state index contributed by atoms with van der Waals surface area (Å²) < 4.78 is 33.8. The van der Waals surface area contributed by atoms with E-state index in [4.69, 9.17) is 16.3 Å². The topological polar surface area (TPSA) is 76.3 Å². The number of aromatic nitrogens is 2. The number of imide groups is 1. The lowest BCUT2D eigenvalue weighted by Gasteiger charge is -2.28. The largest absolute Gasteiger partial charge is 0.442 e. The number of amides is 2. The Morgan fingerprint density at radius 1 is 1.36 bits per heavy atom. The van der Waals surface area contributed by atoms with Crippen LogP contribution in [-0.2, 0) is 9.53 Å². The van der Waals surface area contributed by atoms with Crippen molar-refractivity contribution in [3.05, 3.63) is 34.6 Å². The van der Waals surface area contributed by atoms with Crippen molar-refractivity contribution in [2.24, 2.45) is 11.0 Å². The Bertz CT molecular complexity index is 981. The van der Waals surface area contributed by atoms with Crippen LogP contribution in [0.25, 0.3) is 5.52 Å². The molecule has 0 saturated heterocycles. The molecule has 3 rings (SSSR count). The maximum absolute atomic E-state index is 13.7. The molecular formula is C18H19ClF2N4O3. The Labute approximate surface area is 164 Å². The summed E-state index contributed by atoms with van der Waals surface area (Å²) in [7, 11) is 0. The molecule has 150 valence electrons. The average molecular weight is 413 g/mol. The molecule has 2 amide bonds. The van der Waals surface area contributed by atoms with Crippen molar-refractivity contribution >= 4 is 34.8 Å². The van der Waals surface area contributed by atoms with Gasteiger partial charge in [0.2, 0.25) is 0 Å². The zero-order valence-corrected chi connectivity index (χ0v) is 16.5. The van der Waals surface area contributed by atoms with Gasteiger partial charge in [0.05, 0.1) is 21.8 Å². The van der Waals surface area contributed by atoms with Gasteiger partial charge in [0.25, 0.3) is 12.3 Å². The third-order valence-corrected chi connectivity index (χ3v) is 4.27. The molecule has 0 aliphatic carbocycles. The van der Waals surface area contributed by atoms with Crippen molar-refractivity contribution in [1.82, 2.24) is 14.6 Å². The lowest BCUT2D eigenvalue weighted by atomic mass is 9.92. The molecule has 10 heteroatoms. The zero-order chi connectivity index (χ0) is 20.8. The first-order valence-electron chi connectivity index (χ1n) is 8.58. The molecule has 0 fully saturated rings. The summed E-state index contributed by atoms with van der Waals surface area (Å²) in [5.74, 6) is -1.06. The second kappa shape index (κ2) is 7.12. The van der Waals surface area contributed by atoms with Crippen molar-refractivity contribution in [3.63, 3.8) is 0 Å². The van der Waals surface area contributed by atoms with Crippen molar-refractivity contribution in [3.8, 4) is 0 Å². The standard InChI is InChI=1S/C18H19ClF2N4O3/c1-9-7-12(26)25(17(27)28-18(2,3)4)23-14(9)13-11-6-5-10(19)8-24(11)22-15(13)16(20)21/h5-6,8-9,16H,7H2,1-4H3. The second-order valence-electron chi connectivity index (χ2n) is 7.51. The Morgan fingerprint density at radius 3 is 2.64 bits per heavy atom. The molecule has 1 unspecified atom stereocenters. The number of hydrazone groups is 1. The predicted molar refractivity (Wildman–Crippen MR) is 98.6 cm³/mol. The van der Waals surface area contributed by atoms with E-state index in [0.717, 1.165) is 0 Å². The Kier molecular flexibility index (Phi) is 5.14. The maximum atomic E-state index is 13.7. The molecule has 2 aromatic heterocycles. The van der Waals surface area contributed by atoms with E-state index < -0.39 is 35.6 Å². The van der Waals surface area contributed by atoms with Crippen LogP contribution in [0.5, 0.6) is 0 Å². The number of ether oxygens (including phenoxy) is 1. The summed E-state index contributed by atoms with van der Waals surface area (Å²) in [6.45, 7) is 6.63. The molecule has 1 atom stereocenters. The van der Waals surface area contributed by atoms with Gasteiger partial charge in [-0.3, -0.25) is 4.79 Å².